The average Bonchev–Trinajstić information content (AvgIpc) is 3.07. The number of carbonyl (C=O) groups is 1. The van der Waals surface area contributed by atoms with E-state index in [2.05, 4.69) is 16.7 Å². The quantitative estimate of drug-likeness (QED) is 0.732. The summed E-state index contributed by atoms with van der Waals surface area (Å²) < 4.78 is 0. The van der Waals surface area contributed by atoms with Crippen LogP contribution in [0.5, 0.6) is 0 Å². The molecule has 0 radical (unpaired) electrons. The lowest BCUT2D eigenvalue weighted by Gasteiger charge is -2.10. The number of hydrogen-bond donors (Lipinski definition) is 2. The average molecular weight is 396 g/mol. The molecule has 24 heavy (non-hydrogen) atoms. The second-order valence-corrected chi connectivity index (χ2v) is 7.56. The largest absolute Gasteiger partial charge is 0.323 e. The van der Waals surface area contributed by atoms with E-state index in [1.54, 1.807) is 6.07 Å². The number of benzene rings is 1. The zero-order valence-electron chi connectivity index (χ0n) is 12.3. The minimum absolute atomic E-state index is 0.127. The number of aryl methyl sites for hydroxylation is 1. The summed E-state index contributed by atoms with van der Waals surface area (Å²) in [6.45, 7) is 0. The first-order chi connectivity index (χ1) is 11.5. The molecule has 3 rings (SSSR count). The van der Waals surface area contributed by atoms with Crippen LogP contribution in [0.2, 0.25) is 10.0 Å². The van der Waals surface area contributed by atoms with Gasteiger partial charge in [-0.05, 0) is 55.2 Å². The Hall–Kier alpha value is -1.65. The summed E-state index contributed by atoms with van der Waals surface area (Å²) in [6.07, 6.45) is 2.97. The van der Waals surface area contributed by atoms with Crippen molar-refractivity contribution < 1.29 is 4.79 Å². The van der Waals surface area contributed by atoms with E-state index in [0.29, 0.717) is 15.6 Å². The van der Waals surface area contributed by atoms with Gasteiger partial charge < -0.3 is 5.32 Å². The van der Waals surface area contributed by atoms with Crippen LogP contribution in [-0.4, -0.2) is 11.0 Å². The molecule has 1 aromatic heterocycles. The Bertz CT molecular complexity index is 886. The summed E-state index contributed by atoms with van der Waals surface area (Å²) in [4.78, 5) is 13.5. The van der Waals surface area contributed by atoms with Crippen LogP contribution in [0.4, 0.5) is 5.00 Å². The van der Waals surface area contributed by atoms with Crippen molar-refractivity contribution in [2.24, 2.45) is 0 Å². The Morgan fingerprint density at radius 3 is 2.83 bits per heavy atom. The van der Waals surface area contributed by atoms with Crippen LogP contribution in [-0.2, 0) is 12.8 Å². The van der Waals surface area contributed by atoms with Gasteiger partial charge in [0.15, 0.2) is 5.11 Å². The number of nitrogens with zero attached hydrogens (tertiary/aromatic N) is 1. The highest BCUT2D eigenvalue weighted by atomic mass is 35.5. The highest BCUT2D eigenvalue weighted by Crippen LogP contribution is 2.38. The predicted octanol–water partition coefficient (Wildman–Crippen LogP) is 4.54. The molecule has 0 saturated carbocycles. The highest BCUT2D eigenvalue weighted by molar-refractivity contribution is 7.80. The number of thiophene rings is 1. The summed E-state index contributed by atoms with van der Waals surface area (Å²) in [7, 11) is 0. The van der Waals surface area contributed by atoms with Crippen molar-refractivity contribution in [1.82, 2.24) is 5.32 Å². The van der Waals surface area contributed by atoms with E-state index in [1.165, 1.54) is 28.3 Å². The molecule has 0 spiro atoms. The number of fused-ring (bicyclic) bond motifs is 1. The van der Waals surface area contributed by atoms with Gasteiger partial charge in [-0.2, -0.15) is 5.26 Å². The van der Waals surface area contributed by atoms with Crippen LogP contribution >= 0.6 is 46.8 Å². The number of thiocarbonyl (C=S) groups is 1. The van der Waals surface area contributed by atoms with Crippen molar-refractivity contribution in [3.05, 3.63) is 49.8 Å². The molecule has 4 nitrogen and oxygen atoms in total. The van der Waals surface area contributed by atoms with Crippen molar-refractivity contribution in [2.45, 2.75) is 19.3 Å². The van der Waals surface area contributed by atoms with Gasteiger partial charge in [0, 0.05) is 9.90 Å². The van der Waals surface area contributed by atoms with E-state index in [-0.39, 0.29) is 15.7 Å². The number of rotatable bonds is 2. The summed E-state index contributed by atoms with van der Waals surface area (Å²) in [5, 5.41) is 16.4. The second-order valence-electron chi connectivity index (χ2n) is 5.21. The van der Waals surface area contributed by atoms with Crippen molar-refractivity contribution >= 4 is 62.8 Å². The van der Waals surface area contributed by atoms with Crippen LogP contribution < -0.4 is 10.6 Å². The van der Waals surface area contributed by atoms with E-state index in [4.69, 9.17) is 35.4 Å². The molecule has 8 heteroatoms. The lowest BCUT2D eigenvalue weighted by molar-refractivity contribution is 0.0978. The molecule has 2 N–H and O–H groups in total. The molecule has 1 aliphatic rings. The van der Waals surface area contributed by atoms with E-state index in [1.807, 2.05) is 0 Å². The van der Waals surface area contributed by atoms with Crippen molar-refractivity contribution in [2.75, 3.05) is 5.32 Å². The van der Waals surface area contributed by atoms with E-state index < -0.39 is 5.91 Å². The monoisotopic (exact) mass is 395 g/mol. The Balaban J connectivity index is 1.72. The molecule has 0 unspecified atom stereocenters. The molecule has 0 atom stereocenters. The highest BCUT2D eigenvalue weighted by Gasteiger charge is 2.23. The Kier molecular flexibility index (Phi) is 5.07. The van der Waals surface area contributed by atoms with Crippen LogP contribution in [0.3, 0.4) is 0 Å². The van der Waals surface area contributed by atoms with E-state index in [0.717, 1.165) is 24.8 Å². The molecular formula is C16H11Cl2N3OS2. The number of halogens is 2. The maximum absolute atomic E-state index is 12.2. The van der Waals surface area contributed by atoms with Gasteiger partial charge in [-0.25, -0.2) is 0 Å². The Morgan fingerprint density at radius 2 is 2.12 bits per heavy atom. The summed E-state index contributed by atoms with van der Waals surface area (Å²) in [6, 6.07) is 6.82. The van der Waals surface area contributed by atoms with Gasteiger partial charge in [0.05, 0.1) is 16.1 Å². The number of nitrogens with one attached hydrogen (secondary N) is 2. The van der Waals surface area contributed by atoms with Crippen LogP contribution in [0, 0.1) is 11.3 Å². The first-order valence-corrected chi connectivity index (χ1v) is 9.09. The van der Waals surface area contributed by atoms with Crippen molar-refractivity contribution in [3.8, 4) is 6.07 Å². The van der Waals surface area contributed by atoms with Crippen LogP contribution in [0.15, 0.2) is 18.2 Å². The molecule has 1 amide bonds. The smallest absolute Gasteiger partial charge is 0.258 e. The molecule has 0 fully saturated rings. The second kappa shape index (κ2) is 7.08. The third kappa shape index (κ3) is 3.40. The first kappa shape index (κ1) is 17.2. The lowest BCUT2D eigenvalue weighted by Crippen LogP contribution is -2.34. The van der Waals surface area contributed by atoms with Gasteiger partial charge in [0.1, 0.15) is 11.1 Å². The topological polar surface area (TPSA) is 64.9 Å². The number of anilines is 1. The standard InChI is InChI=1S/C16H11Cl2N3OS2/c17-8-4-5-10(12(18)6-8)14(22)20-16(23)21-15-11(7-19)9-2-1-3-13(9)24-15/h4-6H,1-3H2,(H2,20,21,22,23). The molecule has 0 saturated heterocycles. The molecule has 0 bridgehead atoms. The zero-order chi connectivity index (χ0) is 17.3. The minimum atomic E-state index is -0.434. The fourth-order valence-electron chi connectivity index (χ4n) is 2.59. The Labute approximate surface area is 158 Å². The molecule has 0 aliphatic heterocycles. The summed E-state index contributed by atoms with van der Waals surface area (Å²) in [5.74, 6) is -0.434. The van der Waals surface area contributed by atoms with E-state index >= 15 is 0 Å². The SMILES string of the molecule is N#Cc1c(NC(=S)NC(=O)c2ccc(Cl)cc2Cl)sc2c1CCC2. The molecule has 1 aliphatic carbocycles. The molecular weight excluding hydrogens is 385 g/mol. The van der Waals surface area contributed by atoms with Gasteiger partial charge in [0.2, 0.25) is 0 Å². The molecule has 122 valence electrons. The van der Waals surface area contributed by atoms with Gasteiger partial charge in [0.25, 0.3) is 5.91 Å². The predicted molar refractivity (Wildman–Crippen MR) is 101 cm³/mol. The van der Waals surface area contributed by atoms with Crippen LogP contribution in [0.25, 0.3) is 0 Å². The fourth-order valence-corrected chi connectivity index (χ4v) is 4.59. The fraction of sp³-hybridized carbons (Fsp3) is 0.188. The molecule has 1 heterocycles. The number of carbonyl (C=O) groups excluding carboxylic acids is 1. The number of nitriles is 1. The maximum atomic E-state index is 12.2. The lowest BCUT2D eigenvalue weighted by atomic mass is 10.1. The molecule has 1 aromatic carbocycles. The summed E-state index contributed by atoms with van der Waals surface area (Å²) in [5.41, 5.74) is 1.99. The van der Waals surface area contributed by atoms with E-state index in [9.17, 15) is 10.1 Å². The molecule has 2 aromatic rings. The summed E-state index contributed by atoms with van der Waals surface area (Å²) >= 11 is 18.5. The number of amides is 1. The van der Waals surface area contributed by atoms with Crippen LogP contribution in [0.1, 0.15) is 32.8 Å². The Morgan fingerprint density at radius 1 is 1.33 bits per heavy atom. The van der Waals surface area contributed by atoms with Gasteiger partial charge >= 0.3 is 0 Å². The minimum Gasteiger partial charge on any atom is -0.323 e. The third-order valence-corrected chi connectivity index (χ3v) is 5.62. The van der Waals surface area contributed by atoms with Crippen molar-refractivity contribution in [1.29, 1.82) is 5.26 Å². The normalized spacial score (nSPS) is 12.4. The third-order valence-electron chi connectivity index (χ3n) is 3.66. The zero-order valence-corrected chi connectivity index (χ0v) is 15.4. The maximum Gasteiger partial charge on any atom is 0.258 e. The first-order valence-electron chi connectivity index (χ1n) is 7.11. The number of hydrogen-bond acceptors (Lipinski definition) is 4. The van der Waals surface area contributed by atoms with Gasteiger partial charge in [-0.1, -0.05) is 23.2 Å². The van der Waals surface area contributed by atoms with Crippen molar-refractivity contribution in [3.63, 3.8) is 0 Å². The van der Waals surface area contributed by atoms with Gasteiger partial charge in [-0.15, -0.1) is 11.3 Å². The van der Waals surface area contributed by atoms with Gasteiger partial charge in [-0.3, -0.25) is 10.1 Å².